The number of hydrogen-bond donors (Lipinski definition) is 2. The molecule has 0 rings (SSSR count). The minimum absolute atomic E-state index is 0.276. The fourth-order valence-electron chi connectivity index (χ4n) is 0.357. The van der Waals surface area contributed by atoms with Gasteiger partial charge >= 0.3 is 74.1 Å². The van der Waals surface area contributed by atoms with Crippen LogP contribution in [0, 0.1) is 0 Å². The third-order valence-electron chi connectivity index (χ3n) is 0.828. The van der Waals surface area contributed by atoms with Gasteiger partial charge in [0, 0.05) is 0 Å². The fraction of sp³-hybridized carbons (Fsp3) is 0.500. The average molecular weight is 244 g/mol. The Bertz CT molecular complexity index is 214. The van der Waals surface area contributed by atoms with E-state index in [-0.39, 0.29) is 6.26 Å². The van der Waals surface area contributed by atoms with E-state index in [1.807, 2.05) is 0 Å². The molecule has 14 heavy (non-hydrogen) atoms. The SMILES string of the molecule is C=CO[PH](O)(O)OC(F)(F)C(F)(F)F. The third kappa shape index (κ3) is 3.70. The topological polar surface area (TPSA) is 58.9 Å². The van der Waals surface area contributed by atoms with Crippen LogP contribution in [-0.4, -0.2) is 22.1 Å². The van der Waals surface area contributed by atoms with Crippen LogP contribution in [0.5, 0.6) is 0 Å². The van der Waals surface area contributed by atoms with Crippen LogP contribution in [0.1, 0.15) is 0 Å². The predicted molar refractivity (Wildman–Crippen MR) is 36.1 cm³/mol. The molecule has 0 aliphatic rings. The Labute approximate surface area is 75.2 Å². The van der Waals surface area contributed by atoms with Crippen molar-refractivity contribution in [3.8, 4) is 0 Å². The van der Waals surface area contributed by atoms with Gasteiger partial charge in [-0.2, -0.15) is 0 Å². The van der Waals surface area contributed by atoms with Crippen molar-refractivity contribution >= 4 is 8.17 Å². The molecule has 0 fully saturated rings. The zero-order valence-electron chi connectivity index (χ0n) is 6.39. The van der Waals surface area contributed by atoms with Crippen molar-refractivity contribution in [2.24, 2.45) is 0 Å². The first kappa shape index (κ1) is 13.5. The Morgan fingerprint density at radius 3 is 1.86 bits per heavy atom. The molecule has 10 heteroatoms. The zero-order chi connectivity index (χ0) is 11.6. The van der Waals surface area contributed by atoms with E-state index < -0.39 is 20.5 Å². The summed E-state index contributed by atoms with van der Waals surface area (Å²) in [5.41, 5.74) is 0. The van der Waals surface area contributed by atoms with E-state index in [0.717, 1.165) is 0 Å². The van der Waals surface area contributed by atoms with Crippen LogP contribution in [-0.2, 0) is 9.05 Å². The maximum absolute atomic E-state index is 12.0. The van der Waals surface area contributed by atoms with Crippen molar-refractivity contribution in [1.82, 2.24) is 0 Å². The molecule has 0 radical (unpaired) electrons. The fourth-order valence-corrected chi connectivity index (χ4v) is 1.07. The summed E-state index contributed by atoms with van der Waals surface area (Å²) >= 11 is 0. The van der Waals surface area contributed by atoms with Gasteiger partial charge in [-0.15, -0.1) is 0 Å². The van der Waals surface area contributed by atoms with Crippen LogP contribution in [0.2, 0.25) is 0 Å². The molecule has 0 amide bonds. The van der Waals surface area contributed by atoms with Crippen LogP contribution >= 0.6 is 8.17 Å². The molecule has 0 aliphatic carbocycles. The van der Waals surface area contributed by atoms with Gasteiger partial charge in [0.15, 0.2) is 0 Å². The first-order valence-corrected chi connectivity index (χ1v) is 4.61. The van der Waals surface area contributed by atoms with Gasteiger partial charge in [-0.25, -0.2) is 0 Å². The molecule has 2 N–H and O–H groups in total. The van der Waals surface area contributed by atoms with Crippen LogP contribution in [0.25, 0.3) is 0 Å². The number of hydrogen-bond acceptors (Lipinski definition) is 4. The van der Waals surface area contributed by atoms with Crippen molar-refractivity contribution < 1.29 is 40.8 Å². The van der Waals surface area contributed by atoms with Gasteiger partial charge in [0.2, 0.25) is 0 Å². The molecule has 0 aromatic rings. The summed E-state index contributed by atoms with van der Waals surface area (Å²) in [6, 6.07) is 0. The second-order valence-electron chi connectivity index (χ2n) is 1.95. The normalized spacial score (nSPS) is 15.1. The van der Waals surface area contributed by atoms with E-state index in [1.54, 1.807) is 0 Å². The van der Waals surface area contributed by atoms with Crippen molar-refractivity contribution in [3.05, 3.63) is 12.8 Å². The van der Waals surface area contributed by atoms with Crippen LogP contribution < -0.4 is 0 Å². The molecule has 0 atom stereocenters. The van der Waals surface area contributed by atoms with E-state index in [0.29, 0.717) is 0 Å². The third-order valence-corrected chi connectivity index (χ3v) is 1.82. The quantitative estimate of drug-likeness (QED) is 0.449. The summed E-state index contributed by atoms with van der Waals surface area (Å²) in [6.07, 6.45) is -11.5. The summed E-state index contributed by atoms with van der Waals surface area (Å²) < 4.78 is 64.6. The molecule has 0 saturated carbocycles. The molecule has 0 bridgehead atoms. The summed E-state index contributed by atoms with van der Waals surface area (Å²) in [6.45, 7) is 2.72. The van der Waals surface area contributed by atoms with E-state index in [1.165, 1.54) is 0 Å². The van der Waals surface area contributed by atoms with E-state index >= 15 is 0 Å². The van der Waals surface area contributed by atoms with Gasteiger partial charge in [0.1, 0.15) is 0 Å². The van der Waals surface area contributed by atoms with Crippen LogP contribution in [0.3, 0.4) is 0 Å². The van der Waals surface area contributed by atoms with Gasteiger partial charge < -0.3 is 0 Å². The summed E-state index contributed by atoms with van der Waals surface area (Å²) in [7, 11) is -5.54. The van der Waals surface area contributed by atoms with E-state index in [4.69, 9.17) is 9.79 Å². The molecule has 4 nitrogen and oxygen atoms in total. The zero-order valence-corrected chi connectivity index (χ0v) is 7.39. The maximum atomic E-state index is 12.0. The molecule has 0 aliphatic heterocycles. The molecule has 0 aromatic heterocycles. The monoisotopic (exact) mass is 244 g/mol. The van der Waals surface area contributed by atoms with Gasteiger partial charge in [-0.05, 0) is 0 Å². The Morgan fingerprint density at radius 2 is 1.57 bits per heavy atom. The Morgan fingerprint density at radius 1 is 1.14 bits per heavy atom. The van der Waals surface area contributed by atoms with Crippen molar-refractivity contribution in [3.63, 3.8) is 0 Å². The van der Waals surface area contributed by atoms with Gasteiger partial charge in [0.05, 0.1) is 0 Å². The molecular formula is C4H6F5O4P. The van der Waals surface area contributed by atoms with Gasteiger partial charge in [-0.1, -0.05) is 0 Å². The second-order valence-corrected chi connectivity index (χ2v) is 3.49. The molecule has 0 heterocycles. The van der Waals surface area contributed by atoms with E-state index in [2.05, 4.69) is 15.6 Å². The average Bonchev–Trinajstić information content (AvgIpc) is 1.80. The van der Waals surface area contributed by atoms with Crippen LogP contribution in [0.15, 0.2) is 12.8 Å². The molecular weight excluding hydrogens is 238 g/mol. The van der Waals surface area contributed by atoms with E-state index in [9.17, 15) is 22.0 Å². The van der Waals surface area contributed by atoms with Crippen molar-refractivity contribution in [2.75, 3.05) is 0 Å². The van der Waals surface area contributed by atoms with Gasteiger partial charge in [0.25, 0.3) is 0 Å². The van der Waals surface area contributed by atoms with Gasteiger partial charge in [-0.3, -0.25) is 0 Å². The summed E-state index contributed by atoms with van der Waals surface area (Å²) in [4.78, 5) is 16.8. The Balaban J connectivity index is 4.57. The Kier molecular flexibility index (Phi) is 3.79. The number of rotatable bonds is 4. The molecule has 0 unspecified atom stereocenters. The van der Waals surface area contributed by atoms with Crippen LogP contribution in [0.4, 0.5) is 22.0 Å². The first-order chi connectivity index (χ1) is 6.02. The molecule has 0 aromatic carbocycles. The molecule has 0 saturated heterocycles. The van der Waals surface area contributed by atoms with Crippen molar-refractivity contribution in [1.29, 1.82) is 0 Å². The molecule has 86 valence electrons. The standard InChI is InChI=1S/C4H6F5O4P/c1-2-12-14(10,11)13-4(8,9)3(5,6)7/h2,10-11,14H,1H2. The summed E-state index contributed by atoms with van der Waals surface area (Å²) in [5.74, 6) is 0. The Hall–Kier alpha value is -0.500. The second kappa shape index (κ2) is 3.93. The molecule has 0 spiro atoms. The number of halogens is 5. The number of alkyl halides is 5. The minimum atomic E-state index is -6.05. The summed E-state index contributed by atoms with van der Waals surface area (Å²) in [5, 5.41) is 0. The predicted octanol–water partition coefficient (Wildman–Crippen LogP) is 1.71. The van der Waals surface area contributed by atoms with Crippen molar-refractivity contribution in [2.45, 2.75) is 12.3 Å². The first-order valence-electron chi connectivity index (χ1n) is 2.90.